The monoisotopic (exact) mass is 301 g/mol. The summed E-state index contributed by atoms with van der Waals surface area (Å²) < 4.78 is 10.9. The number of carboxylic acids is 1. The van der Waals surface area contributed by atoms with E-state index in [0.29, 0.717) is 18.9 Å². The van der Waals surface area contributed by atoms with Gasteiger partial charge < -0.3 is 14.4 Å². The van der Waals surface area contributed by atoms with E-state index in [4.69, 9.17) is 14.4 Å². The minimum atomic E-state index is -0.781. The third-order valence-corrected chi connectivity index (χ3v) is 4.11. The lowest BCUT2D eigenvalue weighted by Gasteiger charge is -2.23. The van der Waals surface area contributed by atoms with E-state index in [2.05, 4.69) is 5.16 Å². The van der Waals surface area contributed by atoms with Gasteiger partial charge in [0.15, 0.2) is 0 Å². The van der Waals surface area contributed by atoms with E-state index in [-0.39, 0.29) is 6.42 Å². The smallest absolute Gasteiger partial charge is 0.303 e. The number of hydrogen-bond acceptors (Lipinski definition) is 4. The summed E-state index contributed by atoms with van der Waals surface area (Å²) in [5.74, 6) is 0.506. The zero-order valence-corrected chi connectivity index (χ0v) is 12.3. The van der Waals surface area contributed by atoms with Gasteiger partial charge in [-0.1, -0.05) is 23.7 Å². The average Bonchev–Trinajstić information content (AvgIpc) is 2.90. The minimum absolute atomic E-state index is 0.144. The van der Waals surface area contributed by atoms with E-state index < -0.39 is 5.97 Å². The lowest BCUT2D eigenvalue weighted by Crippen LogP contribution is -2.12. The molecule has 0 aliphatic heterocycles. The van der Waals surface area contributed by atoms with Crippen LogP contribution in [0.3, 0.4) is 0 Å². The number of carbonyl (C=O) groups is 1. The zero-order chi connectivity index (χ0) is 15.4. The van der Waals surface area contributed by atoms with Crippen LogP contribution in [-0.2, 0) is 17.8 Å². The maximum atomic E-state index is 10.6. The van der Waals surface area contributed by atoms with Crippen LogP contribution in [-0.4, -0.2) is 16.2 Å². The number of rotatable bonds is 7. The van der Waals surface area contributed by atoms with Crippen LogP contribution in [0.4, 0.5) is 0 Å². The van der Waals surface area contributed by atoms with E-state index in [1.54, 1.807) is 6.26 Å². The fraction of sp³-hybridized carbons (Fsp3) is 0.412. The quantitative estimate of drug-likeness (QED) is 0.846. The molecule has 1 saturated carbocycles. The third-order valence-electron chi connectivity index (χ3n) is 4.11. The molecule has 0 atom stereocenters. The molecule has 0 spiro atoms. The molecule has 116 valence electrons. The molecule has 5 heteroatoms. The molecule has 0 amide bonds. The second-order valence-electron chi connectivity index (χ2n) is 5.68. The van der Waals surface area contributed by atoms with E-state index in [1.807, 2.05) is 24.3 Å². The Balaban J connectivity index is 1.55. The van der Waals surface area contributed by atoms with Crippen molar-refractivity contribution in [2.45, 2.75) is 44.6 Å². The van der Waals surface area contributed by atoms with Crippen molar-refractivity contribution >= 4 is 5.97 Å². The summed E-state index contributed by atoms with van der Waals surface area (Å²) in [6.45, 7) is 0.448. The summed E-state index contributed by atoms with van der Waals surface area (Å²) >= 11 is 0. The highest BCUT2D eigenvalue weighted by Gasteiger charge is 2.25. The maximum absolute atomic E-state index is 10.6. The van der Waals surface area contributed by atoms with Crippen molar-refractivity contribution < 1.29 is 19.2 Å². The van der Waals surface area contributed by atoms with Crippen molar-refractivity contribution in [2.24, 2.45) is 0 Å². The minimum Gasteiger partial charge on any atom is -0.489 e. The number of aryl methyl sites for hydroxylation is 1. The van der Waals surface area contributed by atoms with Crippen LogP contribution in [0.25, 0.3) is 0 Å². The van der Waals surface area contributed by atoms with E-state index in [1.165, 1.54) is 19.3 Å². The van der Waals surface area contributed by atoms with E-state index in [9.17, 15) is 4.79 Å². The topological polar surface area (TPSA) is 72.6 Å². The summed E-state index contributed by atoms with van der Waals surface area (Å²) in [5, 5.41) is 12.8. The number of nitrogens with zero attached hydrogens (tertiary/aromatic N) is 1. The average molecular weight is 301 g/mol. The fourth-order valence-corrected chi connectivity index (χ4v) is 2.56. The highest BCUT2D eigenvalue weighted by Crippen LogP contribution is 2.37. The van der Waals surface area contributed by atoms with Crippen LogP contribution >= 0.6 is 0 Å². The highest BCUT2D eigenvalue weighted by molar-refractivity contribution is 5.67. The molecule has 1 aromatic heterocycles. The zero-order valence-electron chi connectivity index (χ0n) is 12.3. The van der Waals surface area contributed by atoms with Crippen molar-refractivity contribution in [1.82, 2.24) is 5.16 Å². The lowest BCUT2D eigenvalue weighted by atomic mass is 9.82. The Kier molecular flexibility index (Phi) is 4.42. The number of hydrogen-bond donors (Lipinski definition) is 1. The number of aliphatic carboxylic acids is 1. The number of benzene rings is 1. The maximum Gasteiger partial charge on any atom is 0.303 e. The Labute approximate surface area is 128 Å². The van der Waals surface area contributed by atoms with Gasteiger partial charge in [-0.3, -0.25) is 4.79 Å². The molecule has 0 radical (unpaired) electrons. The van der Waals surface area contributed by atoms with Gasteiger partial charge in [0.1, 0.15) is 18.6 Å². The van der Waals surface area contributed by atoms with Gasteiger partial charge in [0, 0.05) is 12.3 Å². The van der Waals surface area contributed by atoms with E-state index in [0.717, 1.165) is 22.6 Å². The Hall–Kier alpha value is -2.30. The molecule has 22 heavy (non-hydrogen) atoms. The number of ether oxygens (including phenoxy) is 1. The molecule has 1 aliphatic carbocycles. The Morgan fingerprint density at radius 1 is 1.32 bits per heavy atom. The Morgan fingerprint density at radius 3 is 2.73 bits per heavy atom. The number of carboxylic acid groups (broad SMARTS) is 1. The molecule has 1 heterocycles. The van der Waals surface area contributed by atoms with E-state index >= 15 is 0 Å². The van der Waals surface area contributed by atoms with Crippen molar-refractivity contribution in [2.75, 3.05) is 0 Å². The second kappa shape index (κ2) is 6.64. The number of aromatic nitrogens is 1. The second-order valence-corrected chi connectivity index (χ2v) is 5.68. The van der Waals surface area contributed by atoms with Gasteiger partial charge >= 0.3 is 5.97 Å². The van der Waals surface area contributed by atoms with Crippen molar-refractivity contribution in [1.29, 1.82) is 0 Å². The molecule has 1 N–H and O–H groups in total. The molecular formula is C17H19NO4. The molecular weight excluding hydrogens is 282 g/mol. The first-order valence-corrected chi connectivity index (χ1v) is 7.59. The summed E-state index contributed by atoms with van der Waals surface area (Å²) in [6.07, 6.45) is 5.96. The van der Waals surface area contributed by atoms with Gasteiger partial charge in [0.05, 0.1) is 11.3 Å². The van der Waals surface area contributed by atoms with Gasteiger partial charge in [-0.05, 0) is 37.0 Å². The van der Waals surface area contributed by atoms with Crippen LogP contribution in [0.5, 0.6) is 5.75 Å². The SMILES string of the molecule is O=C(O)CCc1ccc(OCc2conc2C2CCC2)cc1. The van der Waals surface area contributed by atoms with Crippen molar-refractivity contribution in [3.05, 3.63) is 47.3 Å². The van der Waals surface area contributed by atoms with Crippen LogP contribution in [0.15, 0.2) is 35.1 Å². The molecule has 5 nitrogen and oxygen atoms in total. The predicted molar refractivity (Wildman–Crippen MR) is 79.8 cm³/mol. The van der Waals surface area contributed by atoms with Crippen molar-refractivity contribution in [3.8, 4) is 5.75 Å². The standard InChI is InChI=1S/C17H19NO4/c19-16(20)9-6-12-4-7-15(8-5-12)21-10-14-11-22-18-17(14)13-2-1-3-13/h4-5,7-8,11,13H,1-3,6,9-10H2,(H,19,20). The van der Waals surface area contributed by atoms with Crippen LogP contribution in [0, 0.1) is 0 Å². The first-order valence-electron chi connectivity index (χ1n) is 7.59. The van der Waals surface area contributed by atoms with Gasteiger partial charge in [0.25, 0.3) is 0 Å². The summed E-state index contributed by atoms with van der Waals surface area (Å²) in [6, 6.07) is 7.54. The Morgan fingerprint density at radius 2 is 2.09 bits per heavy atom. The molecule has 2 aromatic rings. The lowest BCUT2D eigenvalue weighted by molar-refractivity contribution is -0.136. The molecule has 0 unspecified atom stereocenters. The predicted octanol–water partition coefficient (Wildman–Crippen LogP) is 3.54. The third kappa shape index (κ3) is 3.47. The van der Waals surface area contributed by atoms with Gasteiger partial charge in [-0.2, -0.15) is 0 Å². The first-order chi connectivity index (χ1) is 10.7. The van der Waals surface area contributed by atoms with Crippen LogP contribution in [0.1, 0.15) is 48.4 Å². The van der Waals surface area contributed by atoms with Crippen molar-refractivity contribution in [3.63, 3.8) is 0 Å². The fourth-order valence-electron chi connectivity index (χ4n) is 2.56. The van der Waals surface area contributed by atoms with Gasteiger partial charge in [-0.15, -0.1) is 0 Å². The van der Waals surface area contributed by atoms with Gasteiger partial charge in [0.2, 0.25) is 0 Å². The molecule has 1 aliphatic rings. The molecule has 3 rings (SSSR count). The van der Waals surface area contributed by atoms with Crippen LogP contribution < -0.4 is 4.74 Å². The highest BCUT2D eigenvalue weighted by atomic mass is 16.5. The van der Waals surface area contributed by atoms with Gasteiger partial charge in [-0.25, -0.2) is 0 Å². The molecule has 1 aromatic carbocycles. The van der Waals surface area contributed by atoms with Crippen LogP contribution in [0.2, 0.25) is 0 Å². The largest absolute Gasteiger partial charge is 0.489 e. The Bertz CT molecular complexity index is 628. The summed E-state index contributed by atoms with van der Waals surface area (Å²) in [5.41, 5.74) is 3.04. The molecule has 0 saturated heterocycles. The molecule has 1 fully saturated rings. The molecule has 0 bridgehead atoms. The normalized spacial score (nSPS) is 14.5. The summed E-state index contributed by atoms with van der Waals surface area (Å²) in [4.78, 5) is 10.6. The summed E-state index contributed by atoms with van der Waals surface area (Å²) in [7, 11) is 0. The first kappa shape index (κ1) is 14.6.